The van der Waals surface area contributed by atoms with E-state index in [9.17, 15) is 31.5 Å². The maximum absolute atomic E-state index is 13.3. The molecule has 1 heterocycles. The van der Waals surface area contributed by atoms with Crippen molar-refractivity contribution in [3.05, 3.63) is 64.5 Å². The number of benzene rings is 1. The van der Waals surface area contributed by atoms with Gasteiger partial charge in [-0.15, -0.1) is 0 Å². The first-order valence-electron chi connectivity index (χ1n) is 7.31. The molecule has 1 atom stereocenters. The zero-order valence-electron chi connectivity index (χ0n) is 14.4. The van der Waals surface area contributed by atoms with Gasteiger partial charge < -0.3 is 5.11 Å². The number of pyridine rings is 1. The van der Waals surface area contributed by atoms with Crippen LogP contribution >= 0.6 is 0 Å². The Morgan fingerprint density at radius 2 is 1.71 bits per heavy atom. The van der Waals surface area contributed by atoms with Gasteiger partial charge in [0, 0.05) is 12.5 Å². The summed E-state index contributed by atoms with van der Waals surface area (Å²) in [6.07, 6.45) is -2.88. The summed E-state index contributed by atoms with van der Waals surface area (Å²) in [4.78, 5) is 15.3. The van der Waals surface area contributed by atoms with E-state index in [2.05, 4.69) is 4.98 Å². The molecule has 1 N–H and O–H groups in total. The Bertz CT molecular complexity index is 1020. The standard InChI is InChI=1S/C16H14F3NO4S.O2S/c1-9-7-8-20-13(12(9)15(21)22)14(25(2,23)24)10-5-3-4-6-11(10)16(17,18)19;1-3-2/h3-8,14H,1-2H3,(H,21,22);. The van der Waals surface area contributed by atoms with Crippen molar-refractivity contribution in [1.29, 1.82) is 0 Å². The molecule has 1 aromatic carbocycles. The highest BCUT2D eigenvalue weighted by atomic mass is 32.2. The summed E-state index contributed by atoms with van der Waals surface area (Å²) in [5.74, 6) is -1.46. The van der Waals surface area contributed by atoms with Crippen molar-refractivity contribution < 1.29 is 39.9 Å². The van der Waals surface area contributed by atoms with Gasteiger partial charge in [0.25, 0.3) is 0 Å². The third kappa shape index (κ3) is 5.45. The number of aryl methyl sites for hydroxylation is 1. The summed E-state index contributed by atoms with van der Waals surface area (Å²) in [5.41, 5.74) is -2.36. The molecule has 0 saturated carbocycles. The first kappa shape index (κ1) is 23.4. The van der Waals surface area contributed by atoms with Crippen LogP contribution in [0.5, 0.6) is 0 Å². The van der Waals surface area contributed by atoms with E-state index in [-0.39, 0.29) is 5.56 Å². The molecule has 7 nitrogen and oxygen atoms in total. The molecule has 0 fully saturated rings. The molecular weight excluding hydrogens is 423 g/mol. The van der Waals surface area contributed by atoms with E-state index < -0.39 is 61.2 Å². The van der Waals surface area contributed by atoms with Crippen LogP contribution in [0.2, 0.25) is 0 Å². The van der Waals surface area contributed by atoms with Crippen LogP contribution in [-0.2, 0) is 27.6 Å². The van der Waals surface area contributed by atoms with Gasteiger partial charge in [-0.25, -0.2) is 13.2 Å². The van der Waals surface area contributed by atoms with E-state index in [0.29, 0.717) is 0 Å². The highest BCUT2D eigenvalue weighted by Crippen LogP contribution is 2.40. The maximum atomic E-state index is 13.3. The Balaban J connectivity index is 0.00000122. The predicted molar refractivity (Wildman–Crippen MR) is 93.0 cm³/mol. The summed E-state index contributed by atoms with van der Waals surface area (Å²) in [5, 5.41) is 7.53. The molecular formula is C16H14F3NO6S2. The molecule has 152 valence electrons. The number of aromatic carboxylic acids is 1. The minimum absolute atomic E-state index is 0.204. The number of halogens is 3. The van der Waals surface area contributed by atoms with Crippen LogP contribution in [0, 0.1) is 6.92 Å². The smallest absolute Gasteiger partial charge is 0.416 e. The molecule has 0 amide bonds. The van der Waals surface area contributed by atoms with Gasteiger partial charge in [0.15, 0.2) is 9.84 Å². The van der Waals surface area contributed by atoms with E-state index in [1.54, 1.807) is 0 Å². The van der Waals surface area contributed by atoms with Gasteiger partial charge in [0.2, 0.25) is 0 Å². The minimum Gasteiger partial charge on any atom is -0.478 e. The quantitative estimate of drug-likeness (QED) is 0.781. The molecule has 0 saturated heterocycles. The van der Waals surface area contributed by atoms with Gasteiger partial charge >= 0.3 is 23.7 Å². The fourth-order valence-corrected chi connectivity index (χ4v) is 3.87. The molecule has 12 heteroatoms. The van der Waals surface area contributed by atoms with Crippen LogP contribution in [0.4, 0.5) is 13.2 Å². The molecule has 2 rings (SSSR count). The van der Waals surface area contributed by atoms with Crippen LogP contribution in [0.3, 0.4) is 0 Å². The lowest BCUT2D eigenvalue weighted by Gasteiger charge is -2.21. The largest absolute Gasteiger partial charge is 0.478 e. The van der Waals surface area contributed by atoms with Crippen molar-refractivity contribution in [2.24, 2.45) is 0 Å². The molecule has 0 aliphatic carbocycles. The van der Waals surface area contributed by atoms with Gasteiger partial charge in [0.05, 0.1) is 16.8 Å². The summed E-state index contributed by atoms with van der Waals surface area (Å²) in [6.45, 7) is 1.42. The lowest BCUT2D eigenvalue weighted by molar-refractivity contribution is -0.138. The number of hydrogen-bond acceptors (Lipinski definition) is 6. The highest BCUT2D eigenvalue weighted by molar-refractivity contribution is 7.91. The zero-order chi connectivity index (χ0) is 21.7. The Morgan fingerprint density at radius 1 is 1.18 bits per heavy atom. The van der Waals surface area contributed by atoms with Crippen LogP contribution in [0.1, 0.15) is 38.0 Å². The molecule has 0 aliphatic heterocycles. The van der Waals surface area contributed by atoms with Crippen LogP contribution in [0.15, 0.2) is 36.5 Å². The molecule has 1 aromatic heterocycles. The zero-order valence-corrected chi connectivity index (χ0v) is 16.1. The number of sulfone groups is 1. The number of hydrogen-bond donors (Lipinski definition) is 1. The molecule has 0 aliphatic rings. The number of rotatable bonds is 4. The van der Waals surface area contributed by atoms with Crippen molar-refractivity contribution in [2.75, 3.05) is 6.26 Å². The molecule has 0 radical (unpaired) electrons. The van der Waals surface area contributed by atoms with E-state index in [1.165, 1.54) is 25.3 Å². The number of carboxylic acids is 1. The Labute approximate surface area is 161 Å². The Hall–Kier alpha value is -2.60. The normalized spacial score (nSPS) is 12.5. The number of carboxylic acid groups (broad SMARTS) is 1. The predicted octanol–water partition coefficient (Wildman–Crippen LogP) is 2.57. The van der Waals surface area contributed by atoms with Crippen molar-refractivity contribution in [3.63, 3.8) is 0 Å². The van der Waals surface area contributed by atoms with Crippen molar-refractivity contribution >= 4 is 27.4 Å². The van der Waals surface area contributed by atoms with Crippen LogP contribution in [0.25, 0.3) is 0 Å². The van der Waals surface area contributed by atoms with Gasteiger partial charge in [0.1, 0.15) is 5.25 Å². The molecule has 28 heavy (non-hydrogen) atoms. The Morgan fingerprint density at radius 3 is 2.18 bits per heavy atom. The van der Waals surface area contributed by atoms with E-state index in [0.717, 1.165) is 24.5 Å². The molecule has 0 spiro atoms. The van der Waals surface area contributed by atoms with Gasteiger partial charge in [-0.05, 0) is 30.2 Å². The van der Waals surface area contributed by atoms with Crippen LogP contribution in [-0.4, -0.2) is 39.2 Å². The lowest BCUT2D eigenvalue weighted by Crippen LogP contribution is -2.22. The maximum Gasteiger partial charge on any atom is 0.416 e. The van der Waals surface area contributed by atoms with Gasteiger partial charge in [-0.1, -0.05) is 18.2 Å². The van der Waals surface area contributed by atoms with Crippen molar-refractivity contribution in [1.82, 2.24) is 4.98 Å². The van der Waals surface area contributed by atoms with Gasteiger partial charge in [-0.3, -0.25) is 4.98 Å². The second-order valence-electron chi connectivity index (χ2n) is 5.56. The average Bonchev–Trinajstić information content (AvgIpc) is 2.53. The summed E-state index contributed by atoms with van der Waals surface area (Å²) in [6, 6.07) is 5.52. The summed E-state index contributed by atoms with van der Waals surface area (Å²) < 4.78 is 81.1. The monoisotopic (exact) mass is 437 g/mol. The third-order valence-electron chi connectivity index (χ3n) is 3.63. The number of nitrogens with zero attached hydrogens (tertiary/aromatic N) is 1. The molecule has 2 aromatic rings. The number of carbonyl (C=O) groups is 1. The van der Waals surface area contributed by atoms with E-state index >= 15 is 0 Å². The third-order valence-corrected chi connectivity index (χ3v) is 4.96. The molecule has 0 bridgehead atoms. The van der Waals surface area contributed by atoms with Crippen molar-refractivity contribution in [3.8, 4) is 0 Å². The highest BCUT2D eigenvalue weighted by Gasteiger charge is 2.40. The second kappa shape index (κ2) is 9.06. The first-order valence-corrected chi connectivity index (χ1v) is 9.94. The second-order valence-corrected chi connectivity index (χ2v) is 7.82. The number of alkyl halides is 3. The van der Waals surface area contributed by atoms with E-state index in [4.69, 9.17) is 8.42 Å². The van der Waals surface area contributed by atoms with Crippen molar-refractivity contribution in [2.45, 2.75) is 18.3 Å². The minimum atomic E-state index is -4.80. The fraction of sp³-hybridized carbons (Fsp3) is 0.250. The van der Waals surface area contributed by atoms with Crippen LogP contribution < -0.4 is 0 Å². The average molecular weight is 437 g/mol. The fourth-order valence-electron chi connectivity index (χ4n) is 2.62. The summed E-state index contributed by atoms with van der Waals surface area (Å²) >= 11 is -0.750. The topological polar surface area (TPSA) is 118 Å². The SMILES string of the molecule is Cc1ccnc(C(c2ccccc2C(F)(F)F)S(C)(=O)=O)c1C(=O)O.O=S=O. The number of aromatic nitrogens is 1. The summed E-state index contributed by atoms with van der Waals surface area (Å²) in [7, 11) is -4.15. The van der Waals surface area contributed by atoms with Gasteiger partial charge in [-0.2, -0.15) is 21.6 Å². The Kier molecular flexibility index (Phi) is 7.58. The lowest BCUT2D eigenvalue weighted by atomic mass is 9.97. The molecule has 1 unspecified atom stereocenters. The van der Waals surface area contributed by atoms with E-state index in [1.807, 2.05) is 0 Å². The first-order chi connectivity index (χ1) is 12.9.